The third-order valence-electron chi connectivity index (χ3n) is 6.28. The van der Waals surface area contributed by atoms with E-state index in [1.165, 1.54) is 11.1 Å². The van der Waals surface area contributed by atoms with Crippen LogP contribution in [-0.2, 0) is 20.7 Å². The van der Waals surface area contributed by atoms with Crippen molar-refractivity contribution >= 4 is 22.4 Å². The molecule has 5 nitrogen and oxygen atoms in total. The quantitative estimate of drug-likeness (QED) is 0.313. The lowest BCUT2D eigenvalue weighted by Crippen LogP contribution is -2.28. The Bertz CT molecular complexity index is 1210. The van der Waals surface area contributed by atoms with E-state index < -0.39 is 6.10 Å². The highest BCUT2D eigenvalue weighted by Crippen LogP contribution is 2.36. The molecule has 0 spiro atoms. The van der Waals surface area contributed by atoms with Crippen molar-refractivity contribution in [3.8, 4) is 5.75 Å². The molecule has 4 rings (SSSR count). The molecule has 182 valence electrons. The fourth-order valence-corrected chi connectivity index (χ4v) is 4.45. The summed E-state index contributed by atoms with van der Waals surface area (Å²) in [5.41, 5.74) is 5.62. The molecule has 5 heteroatoms. The number of carbonyl (C=O) groups excluding carboxylic acids is 1. The second-order valence-corrected chi connectivity index (χ2v) is 8.66. The molecule has 0 saturated carbocycles. The SMILES string of the molecule is CCOC(=O)[C@H](Cc1ccc(OCCC2C(C)=CC=C2c2ccc3ccccc3n2)cc1)OCC. The molecule has 35 heavy (non-hydrogen) atoms. The van der Waals surface area contributed by atoms with Crippen molar-refractivity contribution in [2.45, 2.75) is 39.7 Å². The zero-order valence-electron chi connectivity index (χ0n) is 20.7. The summed E-state index contributed by atoms with van der Waals surface area (Å²) >= 11 is 0. The maximum absolute atomic E-state index is 12.1. The van der Waals surface area contributed by atoms with Crippen LogP contribution in [0.1, 0.15) is 38.4 Å². The molecule has 2 aromatic carbocycles. The third kappa shape index (κ3) is 6.17. The Labute approximate surface area is 207 Å². The van der Waals surface area contributed by atoms with Gasteiger partial charge in [-0.25, -0.2) is 9.78 Å². The number of aromatic nitrogens is 1. The molecule has 3 aromatic rings. The van der Waals surface area contributed by atoms with Crippen LogP contribution in [0, 0.1) is 5.92 Å². The van der Waals surface area contributed by atoms with Gasteiger partial charge in [-0.3, -0.25) is 0 Å². The van der Waals surface area contributed by atoms with Crippen LogP contribution in [0.5, 0.6) is 5.75 Å². The van der Waals surface area contributed by atoms with Gasteiger partial charge in [-0.05, 0) is 62.6 Å². The van der Waals surface area contributed by atoms with Gasteiger partial charge in [0.25, 0.3) is 0 Å². The van der Waals surface area contributed by atoms with Crippen molar-refractivity contribution in [2.75, 3.05) is 19.8 Å². The predicted octanol–water partition coefficient (Wildman–Crippen LogP) is 6.17. The third-order valence-corrected chi connectivity index (χ3v) is 6.28. The average Bonchev–Trinajstić information content (AvgIpc) is 3.24. The van der Waals surface area contributed by atoms with Crippen molar-refractivity contribution in [2.24, 2.45) is 5.92 Å². The van der Waals surface area contributed by atoms with Gasteiger partial charge < -0.3 is 14.2 Å². The van der Waals surface area contributed by atoms with E-state index in [4.69, 9.17) is 19.2 Å². The average molecular weight is 472 g/mol. The van der Waals surface area contributed by atoms with Gasteiger partial charge in [0.1, 0.15) is 5.75 Å². The molecule has 0 bridgehead atoms. The van der Waals surface area contributed by atoms with E-state index in [1.807, 2.05) is 43.3 Å². The van der Waals surface area contributed by atoms with Crippen LogP contribution in [0.15, 0.2) is 78.4 Å². The highest BCUT2D eigenvalue weighted by Gasteiger charge is 2.23. The lowest BCUT2D eigenvalue weighted by molar-refractivity contribution is -0.156. The lowest BCUT2D eigenvalue weighted by atomic mass is 9.91. The van der Waals surface area contributed by atoms with Crippen LogP contribution < -0.4 is 4.74 Å². The fraction of sp³-hybridized carbons (Fsp3) is 0.333. The molecule has 0 N–H and O–H groups in total. The van der Waals surface area contributed by atoms with E-state index in [0.717, 1.165) is 34.3 Å². The van der Waals surface area contributed by atoms with Gasteiger partial charge in [0, 0.05) is 24.3 Å². The number of ether oxygens (including phenoxy) is 3. The number of allylic oxidation sites excluding steroid dienone is 4. The molecule has 0 fully saturated rings. The molecule has 0 saturated heterocycles. The highest BCUT2D eigenvalue weighted by atomic mass is 16.6. The van der Waals surface area contributed by atoms with Crippen LogP contribution in [0.25, 0.3) is 16.5 Å². The minimum atomic E-state index is -0.585. The summed E-state index contributed by atoms with van der Waals surface area (Å²) in [5, 5.41) is 1.15. The zero-order valence-corrected chi connectivity index (χ0v) is 20.7. The van der Waals surface area contributed by atoms with Crippen LogP contribution in [-0.4, -0.2) is 36.9 Å². The number of hydrogen-bond donors (Lipinski definition) is 0. The molecule has 1 heterocycles. The molecule has 1 aliphatic rings. The number of esters is 1. The minimum absolute atomic E-state index is 0.291. The summed E-state index contributed by atoms with van der Waals surface area (Å²) in [4.78, 5) is 17.0. The van der Waals surface area contributed by atoms with Crippen LogP contribution in [0.2, 0.25) is 0 Å². The zero-order chi connectivity index (χ0) is 24.6. The van der Waals surface area contributed by atoms with E-state index in [0.29, 0.717) is 32.2 Å². The minimum Gasteiger partial charge on any atom is -0.494 e. The van der Waals surface area contributed by atoms with Crippen molar-refractivity contribution in [1.82, 2.24) is 4.98 Å². The van der Waals surface area contributed by atoms with Gasteiger partial charge >= 0.3 is 5.97 Å². The first-order valence-electron chi connectivity index (χ1n) is 12.3. The Hall–Kier alpha value is -3.44. The second kappa shape index (κ2) is 11.8. The number of carbonyl (C=O) groups is 1. The standard InChI is InChI=1S/C30H33NO4/c1-4-33-29(30(32)34-5-2)20-22-11-14-24(15-12-22)35-19-18-25-21(3)10-16-26(25)28-17-13-23-8-6-7-9-27(23)31-28/h6-17,25,29H,4-5,18-20H2,1-3H3/t25?,29-/m0/s1. The van der Waals surface area contributed by atoms with Crippen molar-refractivity contribution in [3.05, 3.63) is 89.6 Å². The summed E-state index contributed by atoms with van der Waals surface area (Å²) in [6.07, 6.45) is 5.14. The number of para-hydroxylation sites is 1. The van der Waals surface area contributed by atoms with Crippen molar-refractivity contribution in [3.63, 3.8) is 0 Å². The van der Waals surface area contributed by atoms with E-state index in [2.05, 4.69) is 43.3 Å². The second-order valence-electron chi connectivity index (χ2n) is 8.66. The van der Waals surface area contributed by atoms with Gasteiger partial charge in [0.2, 0.25) is 0 Å². The number of benzene rings is 2. The summed E-state index contributed by atoms with van der Waals surface area (Å²) in [5.74, 6) is 0.783. The van der Waals surface area contributed by atoms with Crippen molar-refractivity contribution < 1.29 is 19.0 Å². The van der Waals surface area contributed by atoms with Gasteiger partial charge in [-0.2, -0.15) is 0 Å². The van der Waals surface area contributed by atoms with Gasteiger partial charge in [-0.15, -0.1) is 0 Å². The number of hydrogen-bond acceptors (Lipinski definition) is 5. The van der Waals surface area contributed by atoms with Crippen LogP contribution >= 0.6 is 0 Å². The number of pyridine rings is 1. The van der Waals surface area contributed by atoms with Crippen LogP contribution in [0.4, 0.5) is 0 Å². The Morgan fingerprint density at radius 1 is 0.971 bits per heavy atom. The lowest BCUT2D eigenvalue weighted by Gasteiger charge is -2.18. The molecule has 0 amide bonds. The van der Waals surface area contributed by atoms with E-state index in [-0.39, 0.29) is 5.97 Å². The maximum Gasteiger partial charge on any atom is 0.335 e. The molecule has 1 aromatic heterocycles. The highest BCUT2D eigenvalue weighted by molar-refractivity contribution is 5.82. The van der Waals surface area contributed by atoms with Gasteiger partial charge in [-0.1, -0.05) is 54.1 Å². The molecular formula is C30H33NO4. The molecule has 1 aliphatic carbocycles. The maximum atomic E-state index is 12.1. The van der Waals surface area contributed by atoms with E-state index in [1.54, 1.807) is 6.92 Å². The molecular weight excluding hydrogens is 438 g/mol. The predicted molar refractivity (Wildman–Crippen MR) is 139 cm³/mol. The summed E-state index contributed by atoms with van der Waals surface area (Å²) in [6.45, 7) is 7.25. The number of nitrogens with zero attached hydrogens (tertiary/aromatic N) is 1. The molecule has 2 atom stereocenters. The monoisotopic (exact) mass is 471 g/mol. The smallest absolute Gasteiger partial charge is 0.335 e. The summed E-state index contributed by atoms with van der Waals surface area (Å²) in [6, 6.07) is 20.3. The topological polar surface area (TPSA) is 57.7 Å². The fourth-order valence-electron chi connectivity index (χ4n) is 4.45. The Morgan fingerprint density at radius 2 is 1.77 bits per heavy atom. The molecule has 1 unspecified atom stereocenters. The largest absolute Gasteiger partial charge is 0.494 e. The van der Waals surface area contributed by atoms with E-state index in [9.17, 15) is 4.79 Å². The molecule has 0 aliphatic heterocycles. The Morgan fingerprint density at radius 3 is 2.54 bits per heavy atom. The number of fused-ring (bicyclic) bond motifs is 1. The Balaban J connectivity index is 1.34. The number of rotatable bonds is 11. The first-order valence-corrected chi connectivity index (χ1v) is 12.3. The summed E-state index contributed by atoms with van der Waals surface area (Å²) in [7, 11) is 0. The normalized spacial score (nSPS) is 16.0. The summed E-state index contributed by atoms with van der Waals surface area (Å²) < 4.78 is 16.8. The molecule has 0 radical (unpaired) electrons. The van der Waals surface area contributed by atoms with Crippen molar-refractivity contribution in [1.29, 1.82) is 0 Å². The van der Waals surface area contributed by atoms with E-state index >= 15 is 0 Å². The van der Waals surface area contributed by atoms with Gasteiger partial charge in [0.05, 0.1) is 24.4 Å². The Kier molecular flexibility index (Phi) is 8.32. The van der Waals surface area contributed by atoms with Crippen LogP contribution in [0.3, 0.4) is 0 Å². The first kappa shape index (κ1) is 24.7. The van der Waals surface area contributed by atoms with Gasteiger partial charge in [0.15, 0.2) is 6.10 Å². The first-order chi connectivity index (χ1) is 17.1.